The number of halogens is 2. The molecule has 0 unspecified atom stereocenters. The molecule has 0 spiro atoms. The van der Waals surface area contributed by atoms with Gasteiger partial charge in [-0.05, 0) is 47.2 Å². The van der Waals surface area contributed by atoms with Gasteiger partial charge in [-0.3, -0.25) is 4.79 Å². The number of nitrogens with one attached hydrogen (secondary N) is 1. The zero-order valence-electron chi connectivity index (χ0n) is 14.3. The molecule has 1 saturated heterocycles. The van der Waals surface area contributed by atoms with Gasteiger partial charge in [0, 0.05) is 22.5 Å². The molecule has 2 aromatic carbocycles. The Labute approximate surface area is 163 Å². The summed E-state index contributed by atoms with van der Waals surface area (Å²) in [5.41, 5.74) is 2.21. The Bertz CT molecular complexity index is 863. The summed E-state index contributed by atoms with van der Waals surface area (Å²) >= 11 is 12.7. The zero-order chi connectivity index (χ0) is 18.3. The van der Waals surface area contributed by atoms with Crippen molar-refractivity contribution in [3.63, 3.8) is 0 Å². The van der Waals surface area contributed by atoms with Gasteiger partial charge in [0.1, 0.15) is 5.75 Å². The monoisotopic (exact) mass is 387 g/mol. The number of hydrogen-bond acceptors (Lipinski definition) is 2. The number of carbonyl (C=O) groups excluding carboxylic acids is 1. The molecule has 0 radical (unpaired) electrons. The van der Waals surface area contributed by atoms with Crippen molar-refractivity contribution in [2.45, 2.75) is 11.8 Å². The van der Waals surface area contributed by atoms with E-state index in [1.807, 2.05) is 36.4 Å². The number of hydrogen-bond donors (Lipinski definition) is 1. The van der Waals surface area contributed by atoms with Crippen molar-refractivity contribution in [1.82, 2.24) is 5.32 Å². The summed E-state index contributed by atoms with van der Waals surface area (Å²) in [5.74, 6) is 1.16. The molecule has 3 nitrogen and oxygen atoms in total. The number of amides is 1. The van der Waals surface area contributed by atoms with Crippen LogP contribution in [0.5, 0.6) is 5.75 Å². The molecule has 1 amide bonds. The summed E-state index contributed by atoms with van der Waals surface area (Å²) in [5, 5.41) is 4.39. The Balaban J connectivity index is 1.81. The lowest BCUT2D eigenvalue weighted by Crippen LogP contribution is -2.29. The second-order valence-electron chi connectivity index (χ2n) is 6.81. The summed E-state index contributed by atoms with van der Waals surface area (Å²) in [6.45, 7) is 0.672. The fourth-order valence-electron chi connectivity index (χ4n) is 4.21. The molecule has 0 bridgehead atoms. The standard InChI is InChI=1S/C21H19Cl2NO2/c1-26-14-6-7-15(19(23)10-14)16-8-9-17-18(11-24-21(17)25)20(16)12-2-4-13(22)5-3-12/h2-10,16-18,20H,11H2,1H3,(H,24,25)/t16-,17+,18+,20-/m0/s1. The lowest BCUT2D eigenvalue weighted by atomic mass is 9.67. The third-order valence-electron chi connectivity index (χ3n) is 5.47. The van der Waals surface area contributed by atoms with Crippen LogP contribution in [0.2, 0.25) is 10.0 Å². The van der Waals surface area contributed by atoms with Crippen LogP contribution in [-0.2, 0) is 4.79 Å². The Hall–Kier alpha value is -1.97. The first-order valence-corrected chi connectivity index (χ1v) is 9.39. The highest BCUT2D eigenvalue weighted by Gasteiger charge is 2.44. The smallest absolute Gasteiger partial charge is 0.227 e. The topological polar surface area (TPSA) is 38.3 Å². The van der Waals surface area contributed by atoms with E-state index in [1.54, 1.807) is 7.11 Å². The van der Waals surface area contributed by atoms with Crippen molar-refractivity contribution in [2.24, 2.45) is 11.8 Å². The van der Waals surface area contributed by atoms with Crippen molar-refractivity contribution in [3.05, 3.63) is 75.8 Å². The zero-order valence-corrected chi connectivity index (χ0v) is 15.8. The van der Waals surface area contributed by atoms with Crippen molar-refractivity contribution in [2.75, 3.05) is 13.7 Å². The van der Waals surface area contributed by atoms with Crippen LogP contribution in [0.1, 0.15) is 23.0 Å². The first-order chi connectivity index (χ1) is 12.6. The highest BCUT2D eigenvalue weighted by molar-refractivity contribution is 6.31. The van der Waals surface area contributed by atoms with Crippen LogP contribution in [0.25, 0.3) is 0 Å². The number of rotatable bonds is 3. The molecule has 0 saturated carbocycles. The van der Waals surface area contributed by atoms with Gasteiger partial charge in [0.15, 0.2) is 0 Å². The summed E-state index contributed by atoms with van der Waals surface area (Å²) in [7, 11) is 1.63. The second kappa shape index (κ2) is 6.98. The van der Waals surface area contributed by atoms with Crippen LogP contribution >= 0.6 is 23.2 Å². The fraction of sp³-hybridized carbons (Fsp3) is 0.286. The van der Waals surface area contributed by atoms with Crippen LogP contribution in [0.4, 0.5) is 0 Å². The molecule has 2 aromatic rings. The highest BCUT2D eigenvalue weighted by Crippen LogP contribution is 2.49. The maximum Gasteiger partial charge on any atom is 0.227 e. The molecule has 5 heteroatoms. The molecular formula is C21H19Cl2NO2. The number of benzene rings is 2. The molecule has 2 aliphatic rings. The van der Waals surface area contributed by atoms with Crippen LogP contribution in [-0.4, -0.2) is 19.6 Å². The lowest BCUT2D eigenvalue weighted by molar-refractivity contribution is -0.121. The molecule has 4 rings (SSSR count). The summed E-state index contributed by atoms with van der Waals surface area (Å²) in [4.78, 5) is 12.2. The van der Waals surface area contributed by atoms with E-state index in [4.69, 9.17) is 27.9 Å². The second-order valence-corrected chi connectivity index (χ2v) is 7.65. The van der Waals surface area contributed by atoms with Gasteiger partial charge in [-0.15, -0.1) is 0 Å². The van der Waals surface area contributed by atoms with Crippen molar-refractivity contribution < 1.29 is 9.53 Å². The number of methoxy groups -OCH3 is 1. The van der Waals surface area contributed by atoms with E-state index < -0.39 is 0 Å². The van der Waals surface area contributed by atoms with Crippen LogP contribution < -0.4 is 10.1 Å². The molecule has 1 heterocycles. The maximum absolute atomic E-state index is 12.2. The molecular weight excluding hydrogens is 369 g/mol. The van der Waals surface area contributed by atoms with E-state index in [9.17, 15) is 4.79 Å². The molecule has 0 aromatic heterocycles. The molecule has 1 N–H and O–H groups in total. The number of ether oxygens (including phenoxy) is 1. The predicted octanol–water partition coefficient (Wildman–Crippen LogP) is 4.80. The normalized spacial score (nSPS) is 27.1. The minimum absolute atomic E-state index is 0.0866. The number of carbonyl (C=O) groups is 1. The number of allylic oxidation sites excluding steroid dienone is 1. The van der Waals surface area contributed by atoms with Gasteiger partial charge in [0.25, 0.3) is 0 Å². The molecule has 1 aliphatic carbocycles. The average molecular weight is 388 g/mol. The Kier molecular flexibility index (Phi) is 4.68. The van der Waals surface area contributed by atoms with Gasteiger partial charge >= 0.3 is 0 Å². The van der Waals surface area contributed by atoms with Crippen LogP contribution in [0, 0.1) is 11.8 Å². The SMILES string of the molecule is COc1ccc([C@@H]2C=C[C@H]3C(=O)NC[C@H]3[C@H]2c2ccc(Cl)cc2)c(Cl)c1. The van der Waals surface area contributed by atoms with Gasteiger partial charge in [0.05, 0.1) is 13.0 Å². The van der Waals surface area contributed by atoms with E-state index in [0.717, 1.165) is 11.3 Å². The predicted molar refractivity (Wildman–Crippen MR) is 104 cm³/mol. The van der Waals surface area contributed by atoms with E-state index in [2.05, 4.69) is 23.5 Å². The molecule has 1 fully saturated rings. The van der Waals surface area contributed by atoms with Gasteiger partial charge < -0.3 is 10.1 Å². The molecule has 26 heavy (non-hydrogen) atoms. The first-order valence-electron chi connectivity index (χ1n) is 8.63. The first kappa shape index (κ1) is 17.4. The molecule has 1 aliphatic heterocycles. The van der Waals surface area contributed by atoms with E-state index in [1.165, 1.54) is 5.56 Å². The Morgan fingerprint density at radius 1 is 1.04 bits per heavy atom. The quantitative estimate of drug-likeness (QED) is 0.767. The van der Waals surface area contributed by atoms with Crippen LogP contribution in [0.3, 0.4) is 0 Å². The third kappa shape index (κ3) is 3.00. The van der Waals surface area contributed by atoms with Crippen molar-refractivity contribution in [3.8, 4) is 5.75 Å². The number of fused-ring (bicyclic) bond motifs is 1. The van der Waals surface area contributed by atoms with E-state index in [-0.39, 0.29) is 29.6 Å². The summed E-state index contributed by atoms with van der Waals surface area (Å²) in [6.07, 6.45) is 4.16. The van der Waals surface area contributed by atoms with Crippen LogP contribution in [0.15, 0.2) is 54.6 Å². The van der Waals surface area contributed by atoms with E-state index in [0.29, 0.717) is 16.6 Å². The lowest BCUT2D eigenvalue weighted by Gasteiger charge is -2.36. The van der Waals surface area contributed by atoms with Gasteiger partial charge in [0.2, 0.25) is 5.91 Å². The molecule has 4 atom stereocenters. The Morgan fingerprint density at radius 2 is 1.77 bits per heavy atom. The third-order valence-corrected chi connectivity index (χ3v) is 6.05. The van der Waals surface area contributed by atoms with Gasteiger partial charge in [-0.2, -0.15) is 0 Å². The Morgan fingerprint density at radius 3 is 2.46 bits per heavy atom. The maximum atomic E-state index is 12.2. The fourth-order valence-corrected chi connectivity index (χ4v) is 4.63. The summed E-state index contributed by atoms with van der Waals surface area (Å²) in [6, 6.07) is 13.7. The largest absolute Gasteiger partial charge is 0.497 e. The van der Waals surface area contributed by atoms with Gasteiger partial charge in [-0.25, -0.2) is 0 Å². The molecule has 134 valence electrons. The highest BCUT2D eigenvalue weighted by atomic mass is 35.5. The van der Waals surface area contributed by atoms with Crippen molar-refractivity contribution in [1.29, 1.82) is 0 Å². The van der Waals surface area contributed by atoms with Crippen molar-refractivity contribution >= 4 is 29.1 Å². The average Bonchev–Trinajstić information content (AvgIpc) is 3.03. The van der Waals surface area contributed by atoms with Gasteiger partial charge in [-0.1, -0.05) is 53.6 Å². The minimum atomic E-state index is -0.0936. The summed E-state index contributed by atoms with van der Waals surface area (Å²) < 4.78 is 5.27. The van der Waals surface area contributed by atoms with E-state index >= 15 is 0 Å². The minimum Gasteiger partial charge on any atom is -0.497 e.